The molecular formula is C8H8N4OS. The Morgan fingerprint density at radius 2 is 2.43 bits per heavy atom. The normalized spacial score (nSPS) is 10.3. The molecule has 0 atom stereocenters. The average molecular weight is 208 g/mol. The molecule has 0 aliphatic heterocycles. The molecule has 0 aliphatic rings. The van der Waals surface area contributed by atoms with Crippen LogP contribution in [0.25, 0.3) is 0 Å². The van der Waals surface area contributed by atoms with E-state index in [1.165, 1.54) is 0 Å². The number of amides is 1. The molecule has 0 bridgehead atoms. The van der Waals surface area contributed by atoms with Crippen LogP contribution in [0.15, 0.2) is 17.5 Å². The van der Waals surface area contributed by atoms with Crippen molar-refractivity contribution in [1.82, 2.24) is 15.4 Å². The third-order valence-electron chi connectivity index (χ3n) is 1.78. The molecule has 0 unspecified atom stereocenters. The highest BCUT2D eigenvalue weighted by Gasteiger charge is 2.13. The van der Waals surface area contributed by atoms with Crippen molar-refractivity contribution in [2.24, 2.45) is 5.73 Å². The SMILES string of the molecule is NC(=O)c1n[nH]nc1Cc1cccs1. The summed E-state index contributed by atoms with van der Waals surface area (Å²) in [6.07, 6.45) is 0.590. The molecule has 2 aromatic rings. The zero-order valence-electron chi connectivity index (χ0n) is 7.23. The van der Waals surface area contributed by atoms with E-state index in [2.05, 4.69) is 15.4 Å². The van der Waals surface area contributed by atoms with Crippen LogP contribution in [0.5, 0.6) is 0 Å². The topological polar surface area (TPSA) is 84.7 Å². The number of aromatic nitrogens is 3. The van der Waals surface area contributed by atoms with E-state index in [9.17, 15) is 4.79 Å². The number of H-pyrrole nitrogens is 1. The third-order valence-corrected chi connectivity index (χ3v) is 2.65. The molecule has 2 aromatic heterocycles. The van der Waals surface area contributed by atoms with Gasteiger partial charge in [-0.3, -0.25) is 4.79 Å². The van der Waals surface area contributed by atoms with E-state index in [1.54, 1.807) is 11.3 Å². The zero-order valence-corrected chi connectivity index (χ0v) is 8.04. The third kappa shape index (κ3) is 1.64. The molecule has 72 valence electrons. The minimum absolute atomic E-state index is 0.221. The van der Waals surface area contributed by atoms with Gasteiger partial charge in [0.25, 0.3) is 5.91 Å². The molecule has 3 N–H and O–H groups in total. The Labute approximate surface area is 83.9 Å². The maximum atomic E-state index is 10.9. The van der Waals surface area contributed by atoms with E-state index in [-0.39, 0.29) is 5.69 Å². The maximum absolute atomic E-state index is 10.9. The van der Waals surface area contributed by atoms with Gasteiger partial charge >= 0.3 is 0 Å². The molecule has 2 heterocycles. The van der Waals surface area contributed by atoms with Gasteiger partial charge in [-0.05, 0) is 11.4 Å². The summed E-state index contributed by atoms with van der Waals surface area (Å²) in [6, 6.07) is 3.92. The molecule has 0 radical (unpaired) electrons. The maximum Gasteiger partial charge on any atom is 0.271 e. The predicted octanol–water partition coefficient (Wildman–Crippen LogP) is 0.556. The highest BCUT2D eigenvalue weighted by Crippen LogP contribution is 2.14. The standard InChI is InChI=1S/C8H8N4OS/c9-8(13)7-6(10-12-11-7)4-5-2-1-3-14-5/h1-3H,4H2,(H2,9,13)(H,10,11,12). The Balaban J connectivity index is 2.25. The van der Waals surface area contributed by atoms with E-state index in [1.807, 2.05) is 17.5 Å². The zero-order chi connectivity index (χ0) is 9.97. The molecule has 14 heavy (non-hydrogen) atoms. The van der Waals surface area contributed by atoms with Gasteiger partial charge in [-0.1, -0.05) is 6.07 Å². The van der Waals surface area contributed by atoms with Gasteiger partial charge in [0.05, 0.1) is 0 Å². The van der Waals surface area contributed by atoms with Crippen molar-refractivity contribution in [3.8, 4) is 0 Å². The van der Waals surface area contributed by atoms with Gasteiger partial charge in [0, 0.05) is 11.3 Å². The second-order valence-electron chi connectivity index (χ2n) is 2.74. The molecular weight excluding hydrogens is 200 g/mol. The van der Waals surface area contributed by atoms with Crippen molar-refractivity contribution >= 4 is 17.2 Å². The average Bonchev–Trinajstić information content (AvgIpc) is 2.75. The summed E-state index contributed by atoms with van der Waals surface area (Å²) < 4.78 is 0. The van der Waals surface area contributed by atoms with Crippen LogP contribution in [0.1, 0.15) is 21.1 Å². The summed E-state index contributed by atoms with van der Waals surface area (Å²) in [5.41, 5.74) is 5.95. The van der Waals surface area contributed by atoms with Crippen molar-refractivity contribution in [1.29, 1.82) is 0 Å². The van der Waals surface area contributed by atoms with Gasteiger partial charge in [-0.25, -0.2) is 0 Å². The largest absolute Gasteiger partial charge is 0.364 e. The molecule has 2 rings (SSSR count). The second kappa shape index (κ2) is 3.59. The van der Waals surface area contributed by atoms with Crippen molar-refractivity contribution in [3.63, 3.8) is 0 Å². The molecule has 6 heteroatoms. The first-order chi connectivity index (χ1) is 6.77. The summed E-state index contributed by atoms with van der Waals surface area (Å²) in [5, 5.41) is 11.9. The van der Waals surface area contributed by atoms with Crippen molar-refractivity contribution in [2.45, 2.75) is 6.42 Å². The molecule has 0 saturated heterocycles. The molecule has 0 aromatic carbocycles. The number of hydrogen-bond acceptors (Lipinski definition) is 4. The van der Waals surface area contributed by atoms with Crippen LogP contribution in [0.3, 0.4) is 0 Å². The fourth-order valence-electron chi connectivity index (χ4n) is 1.15. The van der Waals surface area contributed by atoms with Gasteiger partial charge in [0.15, 0.2) is 5.69 Å². The lowest BCUT2D eigenvalue weighted by molar-refractivity contribution is 0.0995. The van der Waals surface area contributed by atoms with Gasteiger partial charge in [0.2, 0.25) is 0 Å². The number of carbonyl (C=O) groups excluding carboxylic acids is 1. The van der Waals surface area contributed by atoms with E-state index < -0.39 is 5.91 Å². The van der Waals surface area contributed by atoms with E-state index in [0.29, 0.717) is 12.1 Å². The van der Waals surface area contributed by atoms with Crippen LogP contribution >= 0.6 is 11.3 Å². The van der Waals surface area contributed by atoms with Crippen LogP contribution in [-0.4, -0.2) is 21.3 Å². The van der Waals surface area contributed by atoms with E-state index in [0.717, 1.165) is 4.88 Å². The summed E-state index contributed by atoms with van der Waals surface area (Å²) in [5.74, 6) is -0.551. The minimum atomic E-state index is -0.551. The lowest BCUT2D eigenvalue weighted by atomic mass is 10.2. The number of hydrogen-bond donors (Lipinski definition) is 2. The lowest BCUT2D eigenvalue weighted by Crippen LogP contribution is -2.14. The van der Waals surface area contributed by atoms with Crippen molar-refractivity contribution in [3.05, 3.63) is 33.8 Å². The van der Waals surface area contributed by atoms with E-state index in [4.69, 9.17) is 5.73 Å². The van der Waals surface area contributed by atoms with Gasteiger partial charge in [-0.2, -0.15) is 15.4 Å². The Morgan fingerprint density at radius 3 is 3.07 bits per heavy atom. The fraction of sp³-hybridized carbons (Fsp3) is 0.125. The lowest BCUT2D eigenvalue weighted by Gasteiger charge is -1.93. The van der Waals surface area contributed by atoms with E-state index >= 15 is 0 Å². The fourth-order valence-corrected chi connectivity index (χ4v) is 1.86. The molecule has 0 spiro atoms. The van der Waals surface area contributed by atoms with Crippen LogP contribution < -0.4 is 5.73 Å². The number of nitrogens with zero attached hydrogens (tertiary/aromatic N) is 2. The first-order valence-corrected chi connectivity index (χ1v) is 4.87. The number of aromatic amines is 1. The summed E-state index contributed by atoms with van der Waals surface area (Å²) >= 11 is 1.61. The van der Waals surface area contributed by atoms with Crippen molar-refractivity contribution in [2.75, 3.05) is 0 Å². The first kappa shape index (κ1) is 8.89. The highest BCUT2D eigenvalue weighted by molar-refractivity contribution is 7.09. The first-order valence-electron chi connectivity index (χ1n) is 3.99. The Hall–Kier alpha value is -1.69. The Bertz CT molecular complexity index is 434. The summed E-state index contributed by atoms with van der Waals surface area (Å²) in [4.78, 5) is 12.0. The second-order valence-corrected chi connectivity index (χ2v) is 3.77. The summed E-state index contributed by atoms with van der Waals surface area (Å²) in [6.45, 7) is 0. The Morgan fingerprint density at radius 1 is 1.57 bits per heavy atom. The van der Waals surface area contributed by atoms with Crippen LogP contribution in [0, 0.1) is 0 Å². The van der Waals surface area contributed by atoms with Crippen LogP contribution in [0.4, 0.5) is 0 Å². The van der Waals surface area contributed by atoms with Gasteiger partial charge in [-0.15, -0.1) is 11.3 Å². The quantitative estimate of drug-likeness (QED) is 0.772. The smallest absolute Gasteiger partial charge is 0.271 e. The number of nitrogens with two attached hydrogens (primary N) is 1. The monoisotopic (exact) mass is 208 g/mol. The number of carbonyl (C=O) groups is 1. The predicted molar refractivity (Wildman–Crippen MR) is 52.0 cm³/mol. The minimum Gasteiger partial charge on any atom is -0.364 e. The van der Waals surface area contributed by atoms with Crippen LogP contribution in [-0.2, 0) is 6.42 Å². The van der Waals surface area contributed by atoms with Crippen molar-refractivity contribution < 1.29 is 4.79 Å². The molecule has 0 aliphatic carbocycles. The Kier molecular flexibility index (Phi) is 2.28. The van der Waals surface area contributed by atoms with Crippen LogP contribution in [0.2, 0.25) is 0 Å². The molecule has 5 nitrogen and oxygen atoms in total. The summed E-state index contributed by atoms with van der Waals surface area (Å²) in [7, 11) is 0. The van der Waals surface area contributed by atoms with Gasteiger partial charge in [0.1, 0.15) is 5.69 Å². The number of primary amides is 1. The molecule has 0 saturated carbocycles. The molecule has 0 fully saturated rings. The number of nitrogens with one attached hydrogen (secondary N) is 1. The molecule has 1 amide bonds. The van der Waals surface area contributed by atoms with Gasteiger partial charge < -0.3 is 5.73 Å². The highest BCUT2D eigenvalue weighted by atomic mass is 32.1. The number of rotatable bonds is 3. The number of thiophene rings is 1.